The van der Waals surface area contributed by atoms with Crippen LogP contribution in [-0.4, -0.2) is 57.3 Å². The smallest absolute Gasteiger partial charge is 0.298 e. The van der Waals surface area contributed by atoms with Gasteiger partial charge in [-0.25, -0.2) is 13.1 Å². The average molecular weight is 734 g/mol. The number of hydrogen-bond acceptors (Lipinski definition) is 8. The topological polar surface area (TPSA) is 155 Å². The molecule has 0 amide bonds. The van der Waals surface area contributed by atoms with Gasteiger partial charge in [0.25, 0.3) is 10.1 Å². The Morgan fingerprint density at radius 2 is 1.64 bits per heavy atom. The lowest BCUT2D eigenvalue weighted by molar-refractivity contribution is 0.256. The molecule has 45 heavy (non-hydrogen) atoms. The van der Waals surface area contributed by atoms with Crippen molar-refractivity contribution in [3.63, 3.8) is 0 Å². The van der Waals surface area contributed by atoms with Gasteiger partial charge in [-0.3, -0.25) is 4.55 Å². The first-order valence-electron chi connectivity index (χ1n) is 14.0. The maximum absolute atomic E-state index is 13.4. The lowest BCUT2D eigenvalue weighted by Gasteiger charge is -2.18. The van der Waals surface area contributed by atoms with Gasteiger partial charge in [-0.1, -0.05) is 34.1 Å². The molecular weight excluding hydrogens is 704 g/mol. The summed E-state index contributed by atoms with van der Waals surface area (Å²) in [5, 5.41) is 14.9. The molecule has 1 atom stereocenters. The largest absolute Gasteiger partial charge is 0.492 e. The molecule has 0 saturated carbocycles. The summed E-state index contributed by atoms with van der Waals surface area (Å²) in [6.45, 7) is 0.601. The van der Waals surface area contributed by atoms with Crippen LogP contribution < -0.4 is 14.2 Å². The Labute approximate surface area is 273 Å². The highest BCUT2D eigenvalue weighted by atomic mass is 79.9. The van der Waals surface area contributed by atoms with E-state index in [0.717, 1.165) is 38.7 Å². The number of aromatic amines is 1. The van der Waals surface area contributed by atoms with Crippen molar-refractivity contribution < 1.29 is 36.0 Å². The van der Waals surface area contributed by atoms with Gasteiger partial charge in [-0.2, -0.15) is 19.8 Å². The minimum absolute atomic E-state index is 0.126. The number of rotatable bonds is 8. The van der Waals surface area contributed by atoms with Crippen LogP contribution in [0.5, 0.6) is 11.5 Å². The summed E-state index contributed by atoms with van der Waals surface area (Å²) in [4.78, 5) is 3.15. The average Bonchev–Trinajstić information content (AvgIpc) is 3.82. The van der Waals surface area contributed by atoms with Gasteiger partial charge in [0.05, 0.1) is 19.8 Å². The van der Waals surface area contributed by atoms with E-state index in [4.69, 9.17) is 14.0 Å². The van der Waals surface area contributed by atoms with E-state index >= 15 is 0 Å². The highest BCUT2D eigenvalue weighted by molar-refractivity contribution is 9.10. The van der Waals surface area contributed by atoms with Crippen molar-refractivity contribution in [1.29, 1.82) is 0 Å². The molecule has 3 aromatic carbocycles. The molecule has 10 nitrogen and oxygen atoms in total. The maximum Gasteiger partial charge on any atom is 0.298 e. The molecule has 0 radical (unpaired) electrons. The first-order valence-corrected chi connectivity index (χ1v) is 18.6. The number of para-hydroxylation sites is 1. The third kappa shape index (κ3) is 6.82. The van der Waals surface area contributed by atoms with Crippen LogP contribution in [0.4, 0.5) is 0 Å². The normalized spacial score (nSPS) is 14.6. The van der Waals surface area contributed by atoms with Crippen molar-refractivity contribution in [2.75, 3.05) is 19.8 Å². The Bertz CT molecular complexity index is 2080. The number of sulfonamides is 1. The second kappa shape index (κ2) is 12.9. The van der Waals surface area contributed by atoms with Crippen molar-refractivity contribution in [3.8, 4) is 22.6 Å². The number of fused-ring (bicyclic) bond motifs is 3. The zero-order valence-electron chi connectivity index (χ0n) is 23.7. The Morgan fingerprint density at radius 3 is 2.33 bits per heavy atom. The summed E-state index contributed by atoms with van der Waals surface area (Å²) >= 11 is 4.74. The summed E-state index contributed by atoms with van der Waals surface area (Å²) in [6.07, 6.45) is 3.57. The van der Waals surface area contributed by atoms with E-state index in [0.29, 0.717) is 42.7 Å². The molecule has 0 fully saturated rings. The summed E-state index contributed by atoms with van der Waals surface area (Å²) in [5.74, 6) is 0.686. The number of benzene rings is 3. The highest BCUT2D eigenvalue weighted by Crippen LogP contribution is 2.38. The zero-order valence-corrected chi connectivity index (χ0v) is 27.7. The van der Waals surface area contributed by atoms with Crippen molar-refractivity contribution in [3.05, 3.63) is 92.7 Å². The molecule has 14 heteroatoms. The molecule has 4 N–H and O–H groups in total. The van der Waals surface area contributed by atoms with Gasteiger partial charge < -0.3 is 19.6 Å². The number of aromatic nitrogens is 1. The van der Waals surface area contributed by atoms with E-state index in [1.54, 1.807) is 23.5 Å². The van der Waals surface area contributed by atoms with Crippen LogP contribution in [0.1, 0.15) is 16.7 Å². The monoisotopic (exact) mass is 732 g/mol. The van der Waals surface area contributed by atoms with Crippen LogP contribution in [0.2, 0.25) is 0 Å². The number of hydrogen-bond donors (Lipinski definition) is 4. The molecule has 2 aliphatic heterocycles. The van der Waals surface area contributed by atoms with Crippen LogP contribution in [-0.2, 0) is 39.4 Å². The summed E-state index contributed by atoms with van der Waals surface area (Å²) < 4.78 is 71.8. The third-order valence-corrected chi connectivity index (χ3v) is 11.1. The van der Waals surface area contributed by atoms with E-state index in [2.05, 4.69) is 25.6 Å². The van der Waals surface area contributed by atoms with Crippen molar-refractivity contribution in [2.24, 2.45) is 0 Å². The Hall–Kier alpha value is -3.24. The molecule has 0 unspecified atom stereocenters. The maximum atomic E-state index is 13.4. The van der Waals surface area contributed by atoms with Crippen LogP contribution >= 0.6 is 27.3 Å². The molecule has 5 aromatic rings. The fourth-order valence-electron chi connectivity index (χ4n) is 5.49. The third-order valence-electron chi connectivity index (χ3n) is 7.57. The Kier molecular flexibility index (Phi) is 9.07. The molecule has 2 aromatic heterocycles. The fourth-order valence-corrected chi connectivity index (χ4v) is 8.95. The van der Waals surface area contributed by atoms with E-state index in [9.17, 15) is 21.9 Å². The van der Waals surface area contributed by atoms with E-state index in [-0.39, 0.29) is 22.1 Å². The molecule has 0 bridgehead atoms. The molecule has 0 saturated heterocycles. The van der Waals surface area contributed by atoms with Crippen LogP contribution in [0.3, 0.4) is 0 Å². The van der Waals surface area contributed by atoms with Gasteiger partial charge in [-0.05, 0) is 75.8 Å². The number of aliphatic hydroxyl groups is 1. The van der Waals surface area contributed by atoms with Gasteiger partial charge in [0, 0.05) is 46.0 Å². The predicted molar refractivity (Wildman–Crippen MR) is 175 cm³/mol. The minimum atomic E-state index is -4.21. The fraction of sp³-hybridized carbons (Fsp3) is 0.226. The van der Waals surface area contributed by atoms with Gasteiger partial charge in [0.15, 0.2) is 0 Å². The van der Waals surface area contributed by atoms with Gasteiger partial charge >= 0.3 is 0 Å². The van der Waals surface area contributed by atoms with Gasteiger partial charge in [0.2, 0.25) is 10.0 Å². The zero-order chi connectivity index (χ0) is 31.8. The van der Waals surface area contributed by atoms with E-state index < -0.39 is 26.2 Å². The highest BCUT2D eigenvalue weighted by Gasteiger charge is 2.29. The van der Waals surface area contributed by atoms with Gasteiger partial charge in [-0.15, -0.1) is 0 Å². The molecule has 236 valence electrons. The van der Waals surface area contributed by atoms with Crippen molar-refractivity contribution >= 4 is 58.3 Å². The number of halogens is 1. The second-order valence-corrected chi connectivity index (χ2v) is 15.4. The number of nitrogens with one attached hydrogen (secondary N) is 2. The van der Waals surface area contributed by atoms with Crippen molar-refractivity contribution in [1.82, 2.24) is 9.71 Å². The standard InChI is InChI=1S/C23H22N2O4S2.C8H7BrO4S/c26-13-19(10-18-12-24-21-4-2-1-3-20(18)21)25-31(27,28)22-11-17(16-6-8-30-14-16)9-15-5-7-29-23(15)22;9-6-3-5-1-2-13-8(5)7(4-6)14(10,11)12/h1-4,6,8-9,11-12,14,19,24-26H,5,7,10,13H2;3-4H,1-2H2,(H,10,11,12)/t19-;/m1./s1. The molecule has 2 aliphatic rings. The molecule has 0 aliphatic carbocycles. The molecular formula is C31H29BrN2O8S3. The number of thiophene rings is 1. The summed E-state index contributed by atoms with van der Waals surface area (Å²) in [6, 6.07) is 15.9. The lowest BCUT2D eigenvalue weighted by atomic mass is 10.0. The number of aliphatic hydroxyl groups excluding tert-OH is 1. The summed E-state index contributed by atoms with van der Waals surface area (Å²) in [7, 11) is -8.11. The molecule has 0 spiro atoms. The Morgan fingerprint density at radius 1 is 0.933 bits per heavy atom. The lowest BCUT2D eigenvalue weighted by Crippen LogP contribution is -2.39. The predicted octanol–water partition coefficient (Wildman–Crippen LogP) is 5.34. The van der Waals surface area contributed by atoms with Crippen LogP contribution in [0, 0.1) is 0 Å². The van der Waals surface area contributed by atoms with Crippen LogP contribution in [0.15, 0.2) is 85.8 Å². The number of H-pyrrole nitrogens is 1. The summed E-state index contributed by atoms with van der Waals surface area (Å²) in [5.41, 5.74) is 5.45. The number of ether oxygens (including phenoxy) is 2. The van der Waals surface area contributed by atoms with Crippen LogP contribution in [0.25, 0.3) is 22.0 Å². The minimum Gasteiger partial charge on any atom is -0.492 e. The SMILES string of the molecule is O=S(=O)(N[C@@H](CO)Cc1c[nH]c2ccccc12)c1cc(-c2ccsc2)cc2c1OCC2.O=S(=O)(O)c1cc(Br)cc2c1OCC2. The quantitative estimate of drug-likeness (QED) is 0.156. The first kappa shape index (κ1) is 31.7. The van der Waals surface area contributed by atoms with E-state index in [1.165, 1.54) is 6.07 Å². The van der Waals surface area contributed by atoms with E-state index in [1.807, 2.05) is 53.4 Å². The first-order chi connectivity index (χ1) is 21.5. The second-order valence-electron chi connectivity index (χ2n) is 10.6. The van der Waals surface area contributed by atoms with Crippen molar-refractivity contribution in [2.45, 2.75) is 35.1 Å². The Balaban J connectivity index is 0.000000213. The molecule has 4 heterocycles. The molecule has 7 rings (SSSR count). The van der Waals surface area contributed by atoms with Gasteiger partial charge in [0.1, 0.15) is 21.3 Å².